The number of amides is 3. The minimum Gasteiger partial charge on any atom is -0.451 e. The van der Waals surface area contributed by atoms with E-state index in [-0.39, 0.29) is 29.6 Å². The number of likely N-dealkylation sites (tertiary alicyclic amines) is 2. The smallest absolute Gasteiger partial charge is 0.329 e. The van der Waals surface area contributed by atoms with Gasteiger partial charge < -0.3 is 9.64 Å². The largest absolute Gasteiger partial charge is 0.451 e. The van der Waals surface area contributed by atoms with Gasteiger partial charge in [-0.15, -0.1) is 0 Å². The molecule has 0 aromatic carbocycles. The summed E-state index contributed by atoms with van der Waals surface area (Å²) in [6.07, 6.45) is 4.26. The van der Waals surface area contributed by atoms with Crippen molar-refractivity contribution in [1.29, 1.82) is 0 Å². The zero-order chi connectivity index (χ0) is 19.7. The van der Waals surface area contributed by atoms with Crippen molar-refractivity contribution in [3.63, 3.8) is 0 Å². The van der Waals surface area contributed by atoms with Crippen molar-refractivity contribution < 1.29 is 23.9 Å². The summed E-state index contributed by atoms with van der Waals surface area (Å²) in [5.41, 5.74) is 0. The van der Waals surface area contributed by atoms with Gasteiger partial charge in [-0.3, -0.25) is 19.3 Å². The van der Waals surface area contributed by atoms with E-state index in [2.05, 4.69) is 6.92 Å². The fourth-order valence-corrected chi connectivity index (χ4v) is 4.48. The van der Waals surface area contributed by atoms with Crippen molar-refractivity contribution in [1.82, 2.24) is 9.80 Å². The highest BCUT2D eigenvalue weighted by atomic mass is 16.5. The molecule has 2 aliphatic heterocycles. The van der Waals surface area contributed by atoms with Crippen molar-refractivity contribution in [2.45, 2.75) is 71.4 Å². The molecule has 1 saturated carbocycles. The molecule has 3 fully saturated rings. The summed E-state index contributed by atoms with van der Waals surface area (Å²) in [5.74, 6) is -1.43. The van der Waals surface area contributed by atoms with Crippen LogP contribution in [0.1, 0.15) is 59.3 Å². The molecule has 2 saturated heterocycles. The maximum Gasteiger partial charge on any atom is 0.329 e. The molecule has 2 heterocycles. The van der Waals surface area contributed by atoms with Crippen molar-refractivity contribution >= 4 is 23.7 Å². The molecule has 1 aliphatic carbocycles. The number of nitrogens with zero attached hydrogens (tertiary/aromatic N) is 2. The van der Waals surface area contributed by atoms with Gasteiger partial charge in [0, 0.05) is 13.1 Å². The van der Waals surface area contributed by atoms with Gasteiger partial charge in [0.25, 0.3) is 5.91 Å². The average molecular weight is 378 g/mol. The monoisotopic (exact) mass is 378 g/mol. The van der Waals surface area contributed by atoms with E-state index in [1.807, 2.05) is 0 Å². The Labute approximate surface area is 160 Å². The highest BCUT2D eigenvalue weighted by Crippen LogP contribution is 2.39. The third kappa shape index (κ3) is 3.87. The molecular formula is C20H30N2O5. The van der Waals surface area contributed by atoms with Crippen LogP contribution in [0.25, 0.3) is 0 Å². The number of hydrogen-bond acceptors (Lipinski definition) is 5. The van der Waals surface area contributed by atoms with E-state index in [1.165, 1.54) is 6.92 Å². The highest BCUT2D eigenvalue weighted by Gasteiger charge is 2.51. The van der Waals surface area contributed by atoms with Crippen molar-refractivity contribution in [3.8, 4) is 0 Å². The van der Waals surface area contributed by atoms with E-state index < -0.39 is 18.1 Å². The number of imide groups is 1. The second-order valence-corrected chi connectivity index (χ2v) is 8.31. The standard InChI is InChI=1S/C20H30N2O5/c1-12-8-10-21(11-9-12)17(23)14(3)27-20(26)13(2)22-18(24)15-6-4-5-7-16(15)19(22)25/h12-16H,4-11H2,1-3H3/t13-,14?,15?,16?/m0/s1. The summed E-state index contributed by atoms with van der Waals surface area (Å²) in [5, 5.41) is 0. The van der Waals surface area contributed by atoms with Crippen LogP contribution in [-0.2, 0) is 23.9 Å². The lowest BCUT2D eigenvalue weighted by Crippen LogP contribution is -2.48. The third-order valence-electron chi connectivity index (χ3n) is 6.34. The van der Waals surface area contributed by atoms with E-state index in [1.54, 1.807) is 11.8 Å². The van der Waals surface area contributed by atoms with E-state index >= 15 is 0 Å². The van der Waals surface area contributed by atoms with Crippen molar-refractivity contribution in [2.24, 2.45) is 17.8 Å². The molecule has 3 unspecified atom stereocenters. The topological polar surface area (TPSA) is 84.0 Å². The summed E-state index contributed by atoms with van der Waals surface area (Å²) in [7, 11) is 0. The molecule has 3 amide bonds. The van der Waals surface area contributed by atoms with Crippen molar-refractivity contribution in [3.05, 3.63) is 0 Å². The van der Waals surface area contributed by atoms with Crippen molar-refractivity contribution in [2.75, 3.05) is 13.1 Å². The number of fused-ring (bicyclic) bond motifs is 1. The molecular weight excluding hydrogens is 348 g/mol. The van der Waals surface area contributed by atoms with Crippen LogP contribution < -0.4 is 0 Å². The normalized spacial score (nSPS) is 28.7. The molecule has 27 heavy (non-hydrogen) atoms. The SMILES string of the molecule is CC1CCN(C(=O)C(C)OC(=O)[C@H](C)N2C(=O)C3CCCCC3C2=O)CC1. The van der Waals surface area contributed by atoms with E-state index in [0.717, 1.165) is 30.6 Å². The number of ether oxygens (including phenoxy) is 1. The molecule has 7 heteroatoms. The predicted octanol–water partition coefficient (Wildman–Crippen LogP) is 1.74. The second-order valence-electron chi connectivity index (χ2n) is 8.31. The number of esters is 1. The lowest BCUT2D eigenvalue weighted by atomic mass is 9.81. The van der Waals surface area contributed by atoms with Gasteiger partial charge >= 0.3 is 5.97 Å². The molecule has 0 radical (unpaired) electrons. The van der Waals surface area contributed by atoms with Gasteiger partial charge in [-0.05, 0) is 45.4 Å². The van der Waals surface area contributed by atoms with Crippen LogP contribution in [0.15, 0.2) is 0 Å². The second kappa shape index (κ2) is 7.98. The van der Waals surface area contributed by atoms with Gasteiger partial charge in [0.1, 0.15) is 6.04 Å². The first kappa shape index (κ1) is 19.8. The van der Waals surface area contributed by atoms with E-state index in [4.69, 9.17) is 4.74 Å². The molecule has 7 nitrogen and oxygen atoms in total. The number of carbonyl (C=O) groups excluding carboxylic acids is 4. The minimum absolute atomic E-state index is 0.213. The quantitative estimate of drug-likeness (QED) is 0.550. The van der Waals surface area contributed by atoms with Crippen LogP contribution in [0.3, 0.4) is 0 Å². The van der Waals surface area contributed by atoms with E-state index in [9.17, 15) is 19.2 Å². The lowest BCUT2D eigenvalue weighted by Gasteiger charge is -2.32. The third-order valence-corrected chi connectivity index (χ3v) is 6.34. The molecule has 150 valence electrons. The Morgan fingerprint density at radius 3 is 2.00 bits per heavy atom. The summed E-state index contributed by atoms with van der Waals surface area (Å²) in [4.78, 5) is 53.1. The summed E-state index contributed by atoms with van der Waals surface area (Å²) >= 11 is 0. The zero-order valence-corrected chi connectivity index (χ0v) is 16.5. The molecule has 0 aromatic rings. The van der Waals surface area contributed by atoms with E-state index in [0.29, 0.717) is 31.8 Å². The molecule has 0 aromatic heterocycles. The van der Waals surface area contributed by atoms with Crippen LogP contribution in [0.5, 0.6) is 0 Å². The zero-order valence-electron chi connectivity index (χ0n) is 16.5. The summed E-state index contributed by atoms with van der Waals surface area (Å²) < 4.78 is 5.34. The summed E-state index contributed by atoms with van der Waals surface area (Å²) in [6.45, 7) is 6.57. The first-order chi connectivity index (χ1) is 12.8. The lowest BCUT2D eigenvalue weighted by molar-refractivity contribution is -0.166. The van der Waals surface area contributed by atoms with Gasteiger partial charge in [0.15, 0.2) is 6.10 Å². The van der Waals surface area contributed by atoms with Gasteiger partial charge in [0.05, 0.1) is 11.8 Å². The number of piperidine rings is 1. The molecule has 3 aliphatic rings. The molecule has 0 N–H and O–H groups in total. The number of hydrogen-bond donors (Lipinski definition) is 0. The van der Waals surface area contributed by atoms with Gasteiger partial charge in [-0.25, -0.2) is 4.79 Å². The van der Waals surface area contributed by atoms with Gasteiger partial charge in [-0.1, -0.05) is 19.8 Å². The average Bonchev–Trinajstić information content (AvgIpc) is 2.92. The van der Waals surface area contributed by atoms with Gasteiger partial charge in [0.2, 0.25) is 11.8 Å². The fourth-order valence-electron chi connectivity index (χ4n) is 4.48. The van der Waals surface area contributed by atoms with Crippen LogP contribution in [-0.4, -0.2) is 58.7 Å². The highest BCUT2D eigenvalue weighted by molar-refractivity contribution is 6.07. The molecule has 0 bridgehead atoms. The summed E-state index contributed by atoms with van der Waals surface area (Å²) in [6, 6.07) is -0.993. The number of carbonyl (C=O) groups is 4. The first-order valence-electron chi connectivity index (χ1n) is 10.2. The minimum atomic E-state index is -0.993. The van der Waals surface area contributed by atoms with Gasteiger partial charge in [-0.2, -0.15) is 0 Å². The maximum absolute atomic E-state index is 12.6. The van der Waals surface area contributed by atoms with Crippen LogP contribution in [0, 0.1) is 17.8 Å². The van der Waals surface area contributed by atoms with Crippen LogP contribution in [0.4, 0.5) is 0 Å². The fraction of sp³-hybridized carbons (Fsp3) is 0.800. The maximum atomic E-state index is 12.6. The Morgan fingerprint density at radius 2 is 1.48 bits per heavy atom. The predicted molar refractivity (Wildman–Crippen MR) is 97.3 cm³/mol. The Bertz CT molecular complexity index is 602. The Hall–Kier alpha value is -1.92. The number of rotatable bonds is 4. The Balaban J connectivity index is 1.59. The van der Waals surface area contributed by atoms with Crippen LogP contribution >= 0.6 is 0 Å². The Morgan fingerprint density at radius 1 is 0.963 bits per heavy atom. The molecule has 0 spiro atoms. The van der Waals surface area contributed by atoms with Crippen LogP contribution in [0.2, 0.25) is 0 Å². The first-order valence-corrected chi connectivity index (χ1v) is 10.2. The molecule has 3 rings (SSSR count). The molecule has 4 atom stereocenters. The Kier molecular flexibility index (Phi) is 5.86.